The molecule has 1 saturated heterocycles. The summed E-state index contributed by atoms with van der Waals surface area (Å²) in [5.41, 5.74) is 1.60. The number of halogens is 1. The lowest BCUT2D eigenvalue weighted by Gasteiger charge is -2.55. The maximum Gasteiger partial charge on any atom is 0.0685 e. The van der Waals surface area contributed by atoms with Gasteiger partial charge in [0, 0.05) is 34.5 Å². The zero-order valence-corrected chi connectivity index (χ0v) is 13.4. The third-order valence-electron chi connectivity index (χ3n) is 4.90. The lowest BCUT2D eigenvalue weighted by Crippen LogP contribution is -2.66. The summed E-state index contributed by atoms with van der Waals surface area (Å²) in [4.78, 5) is 0. The van der Waals surface area contributed by atoms with E-state index in [1.165, 1.54) is 12.0 Å². The Balaban J connectivity index is 1.69. The Hall–Kier alpha value is -0.380. The number of nitrogens with one attached hydrogen (secondary N) is 1. The molecule has 2 aliphatic rings. The first kappa shape index (κ1) is 13.6. The van der Waals surface area contributed by atoms with Crippen LogP contribution in [-0.2, 0) is 4.74 Å². The molecule has 2 nitrogen and oxygen atoms in total. The van der Waals surface area contributed by atoms with Gasteiger partial charge in [0.2, 0.25) is 0 Å². The zero-order chi connectivity index (χ0) is 13.6. The monoisotopic (exact) mass is 323 g/mol. The van der Waals surface area contributed by atoms with Gasteiger partial charge in [-0.05, 0) is 31.0 Å². The first-order valence-electron chi connectivity index (χ1n) is 7.13. The Morgan fingerprint density at radius 3 is 2.68 bits per heavy atom. The molecule has 3 rings (SSSR count). The molecular weight excluding hydrogens is 302 g/mol. The van der Waals surface area contributed by atoms with E-state index in [0.29, 0.717) is 24.1 Å². The van der Waals surface area contributed by atoms with Gasteiger partial charge in [-0.3, -0.25) is 0 Å². The first-order valence-corrected chi connectivity index (χ1v) is 7.92. The van der Waals surface area contributed by atoms with E-state index < -0.39 is 0 Å². The van der Waals surface area contributed by atoms with Crippen molar-refractivity contribution in [3.8, 4) is 0 Å². The van der Waals surface area contributed by atoms with Gasteiger partial charge < -0.3 is 10.1 Å². The van der Waals surface area contributed by atoms with E-state index in [0.717, 1.165) is 11.1 Å². The second kappa shape index (κ2) is 4.87. The van der Waals surface area contributed by atoms with Crippen LogP contribution in [0.1, 0.15) is 38.8 Å². The van der Waals surface area contributed by atoms with Crippen LogP contribution in [-0.4, -0.2) is 18.8 Å². The summed E-state index contributed by atoms with van der Waals surface area (Å²) in [6.45, 7) is 7.84. The maximum atomic E-state index is 5.85. The van der Waals surface area contributed by atoms with E-state index in [1.54, 1.807) is 0 Å². The largest absolute Gasteiger partial charge is 0.377 e. The smallest absolute Gasteiger partial charge is 0.0685 e. The molecule has 1 aromatic rings. The molecule has 19 heavy (non-hydrogen) atoms. The minimum absolute atomic E-state index is 0.255. The average molecular weight is 324 g/mol. The van der Waals surface area contributed by atoms with E-state index in [2.05, 4.69) is 66.3 Å². The van der Waals surface area contributed by atoms with Crippen molar-refractivity contribution in [1.29, 1.82) is 0 Å². The molecule has 1 heterocycles. The summed E-state index contributed by atoms with van der Waals surface area (Å²) < 4.78 is 6.99. The average Bonchev–Trinajstić information content (AvgIpc) is 2.83. The van der Waals surface area contributed by atoms with E-state index in [-0.39, 0.29) is 5.41 Å². The van der Waals surface area contributed by atoms with Crippen molar-refractivity contribution in [1.82, 2.24) is 5.32 Å². The van der Waals surface area contributed by atoms with Gasteiger partial charge in [0.15, 0.2) is 0 Å². The van der Waals surface area contributed by atoms with Crippen LogP contribution in [0.5, 0.6) is 0 Å². The minimum atomic E-state index is 0.255. The summed E-state index contributed by atoms with van der Waals surface area (Å²) in [6.07, 6.45) is 1.67. The predicted molar refractivity (Wildman–Crippen MR) is 81.1 cm³/mol. The highest BCUT2D eigenvalue weighted by Gasteiger charge is 2.59. The molecule has 4 atom stereocenters. The molecule has 0 bridgehead atoms. The lowest BCUT2D eigenvalue weighted by atomic mass is 9.57. The van der Waals surface area contributed by atoms with Gasteiger partial charge in [0.1, 0.15) is 0 Å². The number of rotatable bonds is 3. The van der Waals surface area contributed by atoms with Gasteiger partial charge >= 0.3 is 0 Å². The Labute approximate surface area is 124 Å². The third kappa shape index (κ3) is 2.26. The van der Waals surface area contributed by atoms with E-state index in [1.807, 2.05) is 0 Å². The Morgan fingerprint density at radius 1 is 1.32 bits per heavy atom. The fraction of sp³-hybridized carbons (Fsp3) is 0.625. The highest BCUT2D eigenvalue weighted by Crippen LogP contribution is 2.52. The van der Waals surface area contributed by atoms with Gasteiger partial charge in [0.25, 0.3) is 0 Å². The van der Waals surface area contributed by atoms with Gasteiger partial charge in [-0.25, -0.2) is 0 Å². The van der Waals surface area contributed by atoms with Crippen molar-refractivity contribution in [2.75, 3.05) is 6.61 Å². The standard InChI is InChI=1S/C16H22BrNO/c1-10(11-4-6-12(17)7-5-11)18-14-13-8-9-19-15(13)16(14,2)3/h4-7,10,13-15,18H,8-9H2,1-3H3. The fourth-order valence-electron chi connectivity index (χ4n) is 3.78. The molecule has 0 amide bonds. The van der Waals surface area contributed by atoms with E-state index >= 15 is 0 Å². The second-order valence-electron chi connectivity index (χ2n) is 6.48. The fourth-order valence-corrected chi connectivity index (χ4v) is 4.04. The molecule has 2 fully saturated rings. The first-order chi connectivity index (χ1) is 9.00. The summed E-state index contributed by atoms with van der Waals surface area (Å²) >= 11 is 3.49. The number of hydrogen-bond acceptors (Lipinski definition) is 2. The van der Waals surface area contributed by atoms with Gasteiger partial charge in [-0.2, -0.15) is 0 Å². The number of benzene rings is 1. The molecule has 1 saturated carbocycles. The lowest BCUT2D eigenvalue weighted by molar-refractivity contribution is -0.115. The van der Waals surface area contributed by atoms with Crippen molar-refractivity contribution in [2.24, 2.45) is 11.3 Å². The van der Waals surface area contributed by atoms with Crippen LogP contribution in [0.4, 0.5) is 0 Å². The summed E-state index contributed by atoms with van der Waals surface area (Å²) in [5.74, 6) is 0.702. The van der Waals surface area contributed by atoms with Crippen molar-refractivity contribution in [3.05, 3.63) is 34.3 Å². The maximum absolute atomic E-state index is 5.85. The third-order valence-corrected chi connectivity index (χ3v) is 5.43. The van der Waals surface area contributed by atoms with Gasteiger partial charge in [-0.15, -0.1) is 0 Å². The molecule has 3 heteroatoms. The van der Waals surface area contributed by atoms with Crippen LogP contribution in [0, 0.1) is 11.3 Å². The van der Waals surface area contributed by atoms with Crippen molar-refractivity contribution in [2.45, 2.75) is 45.4 Å². The van der Waals surface area contributed by atoms with Gasteiger partial charge in [-0.1, -0.05) is 41.9 Å². The predicted octanol–water partition coefficient (Wildman–Crippen LogP) is 3.91. The molecule has 0 spiro atoms. The number of fused-ring (bicyclic) bond motifs is 1. The number of ether oxygens (including phenoxy) is 1. The van der Waals surface area contributed by atoms with Crippen LogP contribution < -0.4 is 5.32 Å². The SMILES string of the molecule is CC(NC1C2CCOC2C1(C)C)c1ccc(Br)cc1. The van der Waals surface area contributed by atoms with Crippen LogP contribution >= 0.6 is 15.9 Å². The second-order valence-corrected chi connectivity index (χ2v) is 7.40. The Kier molecular flexibility index (Phi) is 3.48. The van der Waals surface area contributed by atoms with Crippen molar-refractivity contribution in [3.63, 3.8) is 0 Å². The molecule has 104 valence electrons. The van der Waals surface area contributed by atoms with Crippen LogP contribution in [0.25, 0.3) is 0 Å². The van der Waals surface area contributed by atoms with Gasteiger partial charge in [0.05, 0.1) is 6.10 Å². The quantitative estimate of drug-likeness (QED) is 0.910. The van der Waals surface area contributed by atoms with E-state index in [4.69, 9.17) is 4.74 Å². The van der Waals surface area contributed by atoms with Crippen molar-refractivity contribution < 1.29 is 4.74 Å². The molecule has 0 radical (unpaired) electrons. The molecule has 1 aromatic carbocycles. The summed E-state index contributed by atoms with van der Waals surface area (Å²) in [5, 5.41) is 3.82. The highest BCUT2D eigenvalue weighted by atomic mass is 79.9. The number of hydrogen-bond donors (Lipinski definition) is 1. The van der Waals surface area contributed by atoms with Crippen LogP contribution in [0.15, 0.2) is 28.7 Å². The molecule has 1 aliphatic heterocycles. The highest BCUT2D eigenvalue weighted by molar-refractivity contribution is 9.10. The summed E-state index contributed by atoms with van der Waals surface area (Å²) in [7, 11) is 0. The molecular formula is C16H22BrNO. The zero-order valence-electron chi connectivity index (χ0n) is 11.8. The molecule has 1 N–H and O–H groups in total. The van der Waals surface area contributed by atoms with Crippen molar-refractivity contribution >= 4 is 15.9 Å². The molecule has 4 unspecified atom stereocenters. The topological polar surface area (TPSA) is 21.3 Å². The Morgan fingerprint density at radius 2 is 2.00 bits per heavy atom. The van der Waals surface area contributed by atoms with Crippen LogP contribution in [0.3, 0.4) is 0 Å². The summed E-state index contributed by atoms with van der Waals surface area (Å²) in [6, 6.07) is 9.56. The van der Waals surface area contributed by atoms with E-state index in [9.17, 15) is 0 Å². The van der Waals surface area contributed by atoms with Crippen LogP contribution in [0.2, 0.25) is 0 Å². The Bertz CT molecular complexity index is 456. The molecule has 1 aliphatic carbocycles. The minimum Gasteiger partial charge on any atom is -0.377 e. The normalized spacial score (nSPS) is 33.6. The molecule has 0 aromatic heterocycles.